The average Bonchev–Trinajstić information content (AvgIpc) is 2.35. The first-order valence-corrected chi connectivity index (χ1v) is 6.07. The molecule has 0 saturated heterocycles. The van der Waals surface area contributed by atoms with Crippen LogP contribution in [0.4, 0.5) is 5.69 Å². The second-order valence-electron chi connectivity index (χ2n) is 4.67. The molecule has 0 spiro atoms. The van der Waals surface area contributed by atoms with Crippen LogP contribution in [0.1, 0.15) is 19.4 Å². The zero-order chi connectivity index (χ0) is 12.8. The first-order chi connectivity index (χ1) is 8.04. The predicted octanol–water partition coefficient (Wildman–Crippen LogP) is 2.27. The van der Waals surface area contributed by atoms with Gasteiger partial charge >= 0.3 is 0 Å². The SMILES string of the molecule is COC(C)C(C)NCc1ccc(N(C)C)cc1. The van der Waals surface area contributed by atoms with Gasteiger partial charge in [-0.15, -0.1) is 0 Å². The maximum atomic E-state index is 5.28. The van der Waals surface area contributed by atoms with Crippen LogP contribution in [-0.2, 0) is 11.3 Å². The molecule has 0 radical (unpaired) electrons. The average molecular weight is 236 g/mol. The number of anilines is 1. The third-order valence-electron chi connectivity index (χ3n) is 3.16. The molecule has 0 aliphatic heterocycles. The van der Waals surface area contributed by atoms with Crippen LogP contribution in [0.5, 0.6) is 0 Å². The van der Waals surface area contributed by atoms with Crippen LogP contribution >= 0.6 is 0 Å². The van der Waals surface area contributed by atoms with E-state index in [1.807, 2.05) is 0 Å². The second kappa shape index (κ2) is 6.62. The van der Waals surface area contributed by atoms with Crippen molar-refractivity contribution in [1.82, 2.24) is 5.32 Å². The molecule has 0 heterocycles. The minimum absolute atomic E-state index is 0.232. The molecule has 0 bridgehead atoms. The molecule has 2 atom stereocenters. The molecule has 0 aliphatic rings. The van der Waals surface area contributed by atoms with E-state index in [1.165, 1.54) is 11.3 Å². The molecular weight excluding hydrogens is 212 g/mol. The van der Waals surface area contributed by atoms with Gasteiger partial charge < -0.3 is 15.0 Å². The van der Waals surface area contributed by atoms with Crippen molar-refractivity contribution in [3.8, 4) is 0 Å². The lowest BCUT2D eigenvalue weighted by atomic mass is 10.1. The van der Waals surface area contributed by atoms with Gasteiger partial charge in [-0.1, -0.05) is 12.1 Å². The van der Waals surface area contributed by atoms with Crippen LogP contribution in [0.2, 0.25) is 0 Å². The van der Waals surface area contributed by atoms with Gasteiger partial charge in [-0.05, 0) is 31.5 Å². The molecule has 2 unspecified atom stereocenters. The summed E-state index contributed by atoms with van der Waals surface area (Å²) in [4.78, 5) is 2.10. The van der Waals surface area contributed by atoms with Gasteiger partial charge in [0.05, 0.1) is 6.10 Å². The third-order valence-corrected chi connectivity index (χ3v) is 3.16. The highest BCUT2D eigenvalue weighted by atomic mass is 16.5. The minimum atomic E-state index is 0.232. The Balaban J connectivity index is 2.47. The molecule has 1 N–H and O–H groups in total. The number of rotatable bonds is 6. The zero-order valence-electron chi connectivity index (χ0n) is 11.5. The van der Waals surface area contributed by atoms with E-state index in [4.69, 9.17) is 4.74 Å². The van der Waals surface area contributed by atoms with E-state index in [-0.39, 0.29) is 6.10 Å². The number of nitrogens with one attached hydrogen (secondary N) is 1. The van der Waals surface area contributed by atoms with E-state index in [9.17, 15) is 0 Å². The van der Waals surface area contributed by atoms with Gasteiger partial charge in [0, 0.05) is 39.5 Å². The van der Waals surface area contributed by atoms with E-state index in [1.54, 1.807) is 7.11 Å². The van der Waals surface area contributed by atoms with Gasteiger partial charge in [0.15, 0.2) is 0 Å². The predicted molar refractivity (Wildman–Crippen MR) is 73.5 cm³/mol. The van der Waals surface area contributed by atoms with E-state index in [0.717, 1.165) is 6.54 Å². The lowest BCUT2D eigenvalue weighted by Gasteiger charge is -2.20. The Labute approximate surface area is 105 Å². The van der Waals surface area contributed by atoms with E-state index in [2.05, 4.69) is 62.4 Å². The van der Waals surface area contributed by atoms with Crippen molar-refractivity contribution in [3.63, 3.8) is 0 Å². The highest BCUT2D eigenvalue weighted by Crippen LogP contribution is 2.12. The summed E-state index contributed by atoms with van der Waals surface area (Å²) in [6.45, 7) is 5.09. The van der Waals surface area contributed by atoms with Crippen LogP contribution < -0.4 is 10.2 Å². The summed E-state index contributed by atoms with van der Waals surface area (Å²) < 4.78 is 5.28. The van der Waals surface area contributed by atoms with Crippen molar-refractivity contribution in [2.75, 3.05) is 26.1 Å². The Kier molecular flexibility index (Phi) is 5.45. The van der Waals surface area contributed by atoms with Crippen molar-refractivity contribution in [2.24, 2.45) is 0 Å². The summed E-state index contributed by atoms with van der Waals surface area (Å²) in [5.74, 6) is 0. The summed E-state index contributed by atoms with van der Waals surface area (Å²) in [6, 6.07) is 8.95. The second-order valence-corrected chi connectivity index (χ2v) is 4.67. The molecule has 0 fully saturated rings. The van der Waals surface area contributed by atoms with Crippen molar-refractivity contribution in [1.29, 1.82) is 0 Å². The summed E-state index contributed by atoms with van der Waals surface area (Å²) >= 11 is 0. The standard InChI is InChI=1S/C14H24N2O/c1-11(12(2)17-5)15-10-13-6-8-14(9-7-13)16(3)4/h6-9,11-12,15H,10H2,1-5H3. The topological polar surface area (TPSA) is 24.5 Å². The summed E-state index contributed by atoms with van der Waals surface area (Å²) in [6.07, 6.45) is 0.232. The molecule has 1 rings (SSSR count). The van der Waals surface area contributed by atoms with Gasteiger partial charge in [-0.25, -0.2) is 0 Å². The number of nitrogens with zero attached hydrogens (tertiary/aromatic N) is 1. The molecule has 3 heteroatoms. The maximum Gasteiger partial charge on any atom is 0.0693 e. The fourth-order valence-corrected chi connectivity index (χ4v) is 1.56. The molecule has 17 heavy (non-hydrogen) atoms. The fourth-order valence-electron chi connectivity index (χ4n) is 1.56. The smallest absolute Gasteiger partial charge is 0.0693 e. The largest absolute Gasteiger partial charge is 0.380 e. The Bertz CT molecular complexity index is 321. The van der Waals surface area contributed by atoms with Crippen molar-refractivity contribution >= 4 is 5.69 Å². The zero-order valence-corrected chi connectivity index (χ0v) is 11.5. The van der Waals surface area contributed by atoms with E-state index in [0.29, 0.717) is 6.04 Å². The lowest BCUT2D eigenvalue weighted by molar-refractivity contribution is 0.0882. The van der Waals surface area contributed by atoms with Gasteiger partial charge in [-0.2, -0.15) is 0 Å². The molecule has 0 saturated carbocycles. The van der Waals surface area contributed by atoms with Crippen molar-refractivity contribution in [2.45, 2.75) is 32.5 Å². The number of hydrogen-bond acceptors (Lipinski definition) is 3. The van der Waals surface area contributed by atoms with Crippen LogP contribution in [0, 0.1) is 0 Å². The van der Waals surface area contributed by atoms with Gasteiger partial charge in [0.25, 0.3) is 0 Å². The normalized spacial score (nSPS) is 14.4. The van der Waals surface area contributed by atoms with Crippen molar-refractivity contribution < 1.29 is 4.74 Å². The third kappa shape index (κ3) is 4.36. The van der Waals surface area contributed by atoms with Crippen LogP contribution in [-0.4, -0.2) is 33.4 Å². The van der Waals surface area contributed by atoms with Crippen LogP contribution in [0.3, 0.4) is 0 Å². The van der Waals surface area contributed by atoms with Gasteiger partial charge in [-0.3, -0.25) is 0 Å². The Morgan fingerprint density at radius 2 is 1.76 bits per heavy atom. The number of benzene rings is 1. The Morgan fingerprint density at radius 3 is 2.24 bits per heavy atom. The first kappa shape index (κ1) is 14.0. The van der Waals surface area contributed by atoms with Crippen LogP contribution in [0.15, 0.2) is 24.3 Å². The van der Waals surface area contributed by atoms with Crippen molar-refractivity contribution in [3.05, 3.63) is 29.8 Å². The first-order valence-electron chi connectivity index (χ1n) is 6.07. The molecule has 3 nitrogen and oxygen atoms in total. The number of hydrogen-bond donors (Lipinski definition) is 1. The Hall–Kier alpha value is -1.06. The molecule has 96 valence electrons. The number of ether oxygens (including phenoxy) is 1. The van der Waals surface area contributed by atoms with E-state index < -0.39 is 0 Å². The highest BCUT2D eigenvalue weighted by Gasteiger charge is 2.09. The molecular formula is C14H24N2O. The minimum Gasteiger partial charge on any atom is -0.380 e. The summed E-state index contributed by atoms with van der Waals surface area (Å²) in [5, 5.41) is 3.46. The van der Waals surface area contributed by atoms with E-state index >= 15 is 0 Å². The lowest BCUT2D eigenvalue weighted by Crippen LogP contribution is -2.36. The quantitative estimate of drug-likeness (QED) is 0.820. The summed E-state index contributed by atoms with van der Waals surface area (Å²) in [5.41, 5.74) is 2.53. The molecule has 1 aromatic rings. The van der Waals surface area contributed by atoms with Crippen LogP contribution in [0.25, 0.3) is 0 Å². The monoisotopic (exact) mass is 236 g/mol. The molecule has 1 aromatic carbocycles. The Morgan fingerprint density at radius 1 is 1.18 bits per heavy atom. The molecule has 0 amide bonds. The molecule has 0 aliphatic carbocycles. The fraction of sp³-hybridized carbons (Fsp3) is 0.571. The number of methoxy groups -OCH3 is 1. The molecule has 0 aromatic heterocycles. The van der Waals surface area contributed by atoms with Gasteiger partial charge in [0.2, 0.25) is 0 Å². The summed E-state index contributed by atoms with van der Waals surface area (Å²) in [7, 11) is 5.85. The maximum absolute atomic E-state index is 5.28. The van der Waals surface area contributed by atoms with Gasteiger partial charge in [0.1, 0.15) is 0 Å². The highest BCUT2D eigenvalue weighted by molar-refractivity contribution is 5.45.